The first-order chi connectivity index (χ1) is 5.11. The van der Waals surface area contributed by atoms with Gasteiger partial charge in [-0.1, -0.05) is 19.4 Å². The molecule has 0 amide bonds. The maximum atomic E-state index is 11.2. The number of carbonyl (C=O) groups is 1. The molecule has 1 fully saturated rings. The van der Waals surface area contributed by atoms with E-state index in [4.69, 9.17) is 5.73 Å². The Hall–Kier alpha value is -0.630. The molecule has 1 aliphatic rings. The molecule has 2 heteroatoms. The average Bonchev–Trinajstić information content (AvgIpc) is 2.69. The third-order valence-corrected chi connectivity index (χ3v) is 2.04. The Kier molecular flexibility index (Phi) is 2.45. The summed E-state index contributed by atoms with van der Waals surface area (Å²) < 4.78 is 0. The van der Waals surface area contributed by atoms with Crippen molar-refractivity contribution in [2.24, 2.45) is 11.7 Å². The van der Waals surface area contributed by atoms with Crippen molar-refractivity contribution in [2.45, 2.75) is 32.2 Å². The standard InChI is InChI=1S/C9H15NO/c1-6(2)9(11)8(10)5-7-3-4-7/h7-8H,1,3-5,10H2,2H3. The molecule has 2 nitrogen and oxygen atoms in total. The van der Waals surface area contributed by atoms with Crippen molar-refractivity contribution in [2.75, 3.05) is 0 Å². The van der Waals surface area contributed by atoms with E-state index in [1.807, 2.05) is 0 Å². The fourth-order valence-corrected chi connectivity index (χ4v) is 1.14. The lowest BCUT2D eigenvalue weighted by Gasteiger charge is -2.08. The van der Waals surface area contributed by atoms with Crippen LogP contribution in [0.15, 0.2) is 12.2 Å². The van der Waals surface area contributed by atoms with Crippen LogP contribution in [0.2, 0.25) is 0 Å². The Morgan fingerprint density at radius 1 is 1.73 bits per heavy atom. The monoisotopic (exact) mass is 153 g/mol. The number of hydrogen-bond acceptors (Lipinski definition) is 2. The summed E-state index contributed by atoms with van der Waals surface area (Å²) in [6.07, 6.45) is 3.35. The van der Waals surface area contributed by atoms with Crippen molar-refractivity contribution < 1.29 is 4.79 Å². The van der Waals surface area contributed by atoms with Gasteiger partial charge < -0.3 is 5.73 Å². The second-order valence-electron chi connectivity index (χ2n) is 3.43. The number of carbonyl (C=O) groups excluding carboxylic acids is 1. The zero-order valence-electron chi connectivity index (χ0n) is 6.97. The SMILES string of the molecule is C=C(C)C(=O)C(N)CC1CC1. The lowest BCUT2D eigenvalue weighted by Crippen LogP contribution is -2.31. The molecule has 11 heavy (non-hydrogen) atoms. The highest BCUT2D eigenvalue weighted by molar-refractivity contribution is 5.98. The molecule has 0 radical (unpaired) electrons. The minimum atomic E-state index is -0.292. The van der Waals surface area contributed by atoms with E-state index in [9.17, 15) is 4.79 Å². The van der Waals surface area contributed by atoms with E-state index >= 15 is 0 Å². The molecule has 0 aromatic heterocycles. The van der Waals surface area contributed by atoms with Gasteiger partial charge in [0.05, 0.1) is 6.04 Å². The molecule has 0 spiro atoms. The smallest absolute Gasteiger partial charge is 0.174 e. The summed E-state index contributed by atoms with van der Waals surface area (Å²) in [6, 6.07) is -0.292. The zero-order valence-corrected chi connectivity index (χ0v) is 6.97. The van der Waals surface area contributed by atoms with Gasteiger partial charge in [0.25, 0.3) is 0 Å². The van der Waals surface area contributed by atoms with Crippen molar-refractivity contribution in [3.05, 3.63) is 12.2 Å². The van der Waals surface area contributed by atoms with Gasteiger partial charge in [0.1, 0.15) is 0 Å². The minimum absolute atomic E-state index is 0.0249. The van der Waals surface area contributed by atoms with Gasteiger partial charge >= 0.3 is 0 Å². The van der Waals surface area contributed by atoms with Crippen LogP contribution < -0.4 is 5.73 Å². The number of ketones is 1. The minimum Gasteiger partial charge on any atom is -0.321 e. The van der Waals surface area contributed by atoms with Gasteiger partial charge in [-0.3, -0.25) is 4.79 Å². The van der Waals surface area contributed by atoms with Crippen LogP contribution in [-0.2, 0) is 4.79 Å². The van der Waals surface area contributed by atoms with Gasteiger partial charge in [-0.15, -0.1) is 0 Å². The Morgan fingerprint density at radius 3 is 2.64 bits per heavy atom. The molecular weight excluding hydrogens is 138 g/mol. The van der Waals surface area contributed by atoms with Crippen LogP contribution in [0.5, 0.6) is 0 Å². The van der Waals surface area contributed by atoms with Crippen LogP contribution in [0.4, 0.5) is 0 Å². The van der Waals surface area contributed by atoms with E-state index in [0.29, 0.717) is 11.5 Å². The number of Topliss-reactive ketones (excluding diaryl/α,β-unsaturated/α-hetero) is 1. The van der Waals surface area contributed by atoms with E-state index in [0.717, 1.165) is 6.42 Å². The summed E-state index contributed by atoms with van der Waals surface area (Å²) in [4.78, 5) is 11.2. The summed E-state index contributed by atoms with van der Waals surface area (Å²) in [5.41, 5.74) is 6.23. The molecular formula is C9H15NO. The van der Waals surface area contributed by atoms with Gasteiger partial charge in [-0.25, -0.2) is 0 Å². The summed E-state index contributed by atoms with van der Waals surface area (Å²) in [5.74, 6) is 0.741. The summed E-state index contributed by atoms with van der Waals surface area (Å²) in [6.45, 7) is 5.29. The van der Waals surface area contributed by atoms with Crippen LogP contribution in [0.25, 0.3) is 0 Å². The molecule has 0 heterocycles. The summed E-state index contributed by atoms with van der Waals surface area (Å²) >= 11 is 0. The lowest BCUT2D eigenvalue weighted by atomic mass is 10.0. The first kappa shape index (κ1) is 8.47. The second-order valence-corrected chi connectivity index (χ2v) is 3.43. The highest BCUT2D eigenvalue weighted by Gasteiger charge is 2.26. The lowest BCUT2D eigenvalue weighted by molar-refractivity contribution is -0.116. The highest BCUT2D eigenvalue weighted by atomic mass is 16.1. The van der Waals surface area contributed by atoms with Crippen LogP contribution >= 0.6 is 0 Å². The fraction of sp³-hybridized carbons (Fsp3) is 0.667. The molecule has 1 aliphatic carbocycles. The molecule has 0 saturated heterocycles. The first-order valence-corrected chi connectivity index (χ1v) is 4.06. The third-order valence-electron chi connectivity index (χ3n) is 2.04. The van der Waals surface area contributed by atoms with Gasteiger partial charge in [-0.2, -0.15) is 0 Å². The molecule has 62 valence electrons. The number of nitrogens with two attached hydrogens (primary N) is 1. The van der Waals surface area contributed by atoms with Crippen molar-refractivity contribution in [3.8, 4) is 0 Å². The van der Waals surface area contributed by atoms with E-state index in [1.165, 1.54) is 12.8 Å². The zero-order chi connectivity index (χ0) is 8.43. The number of rotatable bonds is 4. The Labute approximate surface area is 67.5 Å². The van der Waals surface area contributed by atoms with E-state index in [2.05, 4.69) is 6.58 Å². The summed E-state index contributed by atoms with van der Waals surface area (Å²) in [7, 11) is 0. The quantitative estimate of drug-likeness (QED) is 0.618. The maximum absolute atomic E-state index is 11.2. The predicted molar refractivity (Wildman–Crippen MR) is 45.1 cm³/mol. The molecule has 0 aromatic rings. The number of hydrogen-bond donors (Lipinski definition) is 1. The third kappa shape index (κ3) is 2.46. The Morgan fingerprint density at radius 2 is 2.27 bits per heavy atom. The fourth-order valence-electron chi connectivity index (χ4n) is 1.14. The van der Waals surface area contributed by atoms with Crippen molar-refractivity contribution in [1.29, 1.82) is 0 Å². The molecule has 0 bridgehead atoms. The average molecular weight is 153 g/mol. The molecule has 2 N–H and O–H groups in total. The summed E-state index contributed by atoms with van der Waals surface area (Å²) in [5, 5.41) is 0. The molecule has 0 aromatic carbocycles. The van der Waals surface area contributed by atoms with Gasteiger partial charge in [0.2, 0.25) is 0 Å². The second kappa shape index (κ2) is 3.18. The van der Waals surface area contributed by atoms with Crippen molar-refractivity contribution in [1.82, 2.24) is 0 Å². The van der Waals surface area contributed by atoms with E-state index in [1.54, 1.807) is 6.92 Å². The van der Waals surface area contributed by atoms with Gasteiger partial charge in [-0.05, 0) is 24.8 Å². The van der Waals surface area contributed by atoms with Crippen LogP contribution in [-0.4, -0.2) is 11.8 Å². The predicted octanol–water partition coefficient (Wildman–Crippen LogP) is 1.26. The van der Waals surface area contributed by atoms with Gasteiger partial charge in [0, 0.05) is 0 Å². The highest BCUT2D eigenvalue weighted by Crippen LogP contribution is 2.33. The molecule has 1 unspecified atom stereocenters. The molecule has 0 aliphatic heterocycles. The Bertz CT molecular complexity index is 182. The van der Waals surface area contributed by atoms with Crippen LogP contribution in [0.1, 0.15) is 26.2 Å². The van der Waals surface area contributed by atoms with Crippen LogP contribution in [0.3, 0.4) is 0 Å². The van der Waals surface area contributed by atoms with E-state index < -0.39 is 0 Å². The molecule has 1 saturated carbocycles. The van der Waals surface area contributed by atoms with E-state index in [-0.39, 0.29) is 11.8 Å². The molecule has 1 atom stereocenters. The molecule has 1 rings (SSSR count). The maximum Gasteiger partial charge on any atom is 0.174 e. The first-order valence-electron chi connectivity index (χ1n) is 4.06. The normalized spacial score (nSPS) is 19.5. The largest absolute Gasteiger partial charge is 0.321 e. The van der Waals surface area contributed by atoms with Crippen LogP contribution in [0, 0.1) is 5.92 Å². The topological polar surface area (TPSA) is 43.1 Å². The van der Waals surface area contributed by atoms with Crippen molar-refractivity contribution >= 4 is 5.78 Å². The van der Waals surface area contributed by atoms with Gasteiger partial charge in [0.15, 0.2) is 5.78 Å². The van der Waals surface area contributed by atoms with Crippen molar-refractivity contribution in [3.63, 3.8) is 0 Å². The Balaban J connectivity index is 2.32.